The third-order valence-corrected chi connectivity index (χ3v) is 4.62. The highest BCUT2D eigenvalue weighted by Gasteiger charge is 2.26. The van der Waals surface area contributed by atoms with E-state index in [9.17, 15) is 9.59 Å². The van der Waals surface area contributed by atoms with Crippen molar-refractivity contribution in [3.05, 3.63) is 48.0 Å². The minimum absolute atomic E-state index is 0.202. The zero-order valence-corrected chi connectivity index (χ0v) is 14.2. The number of carbonyl (C=O) groups is 2. The van der Waals surface area contributed by atoms with Gasteiger partial charge in [-0.3, -0.25) is 14.3 Å². The maximum absolute atomic E-state index is 12.3. The first kappa shape index (κ1) is 17.1. The van der Waals surface area contributed by atoms with Crippen molar-refractivity contribution in [2.45, 2.75) is 32.2 Å². The van der Waals surface area contributed by atoms with Crippen LogP contribution in [-0.4, -0.2) is 44.6 Å². The summed E-state index contributed by atoms with van der Waals surface area (Å²) in [7, 11) is 0. The summed E-state index contributed by atoms with van der Waals surface area (Å²) >= 11 is 0. The van der Waals surface area contributed by atoms with Crippen LogP contribution in [0.3, 0.4) is 0 Å². The molecule has 2 aromatic rings. The number of likely N-dealkylation sites (tertiary alicyclic amines) is 1. The minimum Gasteiger partial charge on any atom is -0.366 e. The predicted molar refractivity (Wildman–Crippen MR) is 92.6 cm³/mol. The fourth-order valence-electron chi connectivity index (χ4n) is 3.31. The number of nitrogens with zero attached hydrogens (tertiary/aromatic N) is 4. The molecule has 0 saturated carbocycles. The maximum Gasteiger partial charge on any atom is 0.248 e. The Balaban J connectivity index is 1.45. The zero-order chi connectivity index (χ0) is 17.6. The van der Waals surface area contributed by atoms with Crippen molar-refractivity contribution in [1.82, 2.24) is 19.7 Å². The molecule has 1 saturated heterocycles. The molecule has 25 heavy (non-hydrogen) atoms. The largest absolute Gasteiger partial charge is 0.366 e. The second-order valence-corrected chi connectivity index (χ2v) is 6.53. The molecule has 0 aliphatic carbocycles. The molecule has 3 rings (SSSR count). The lowest BCUT2D eigenvalue weighted by atomic mass is 9.97. The van der Waals surface area contributed by atoms with Gasteiger partial charge in [-0.25, -0.2) is 4.98 Å². The Bertz CT molecular complexity index is 729. The van der Waals surface area contributed by atoms with Crippen molar-refractivity contribution in [1.29, 1.82) is 0 Å². The van der Waals surface area contributed by atoms with Crippen LogP contribution >= 0.6 is 0 Å². The van der Waals surface area contributed by atoms with Gasteiger partial charge in [0, 0.05) is 31.6 Å². The van der Waals surface area contributed by atoms with Crippen molar-refractivity contribution < 1.29 is 9.59 Å². The van der Waals surface area contributed by atoms with Crippen molar-refractivity contribution in [3.8, 4) is 0 Å². The van der Waals surface area contributed by atoms with Crippen LogP contribution in [-0.2, 0) is 17.8 Å². The third-order valence-electron chi connectivity index (χ3n) is 4.62. The number of hydrogen-bond acceptors (Lipinski definition) is 4. The molecule has 0 radical (unpaired) electrons. The van der Waals surface area contributed by atoms with Crippen LogP contribution in [0, 0.1) is 5.92 Å². The Hall–Kier alpha value is -2.70. The van der Waals surface area contributed by atoms with Gasteiger partial charge in [0.1, 0.15) is 12.7 Å². The van der Waals surface area contributed by atoms with E-state index in [-0.39, 0.29) is 5.91 Å². The Morgan fingerprint density at radius 2 is 2.20 bits per heavy atom. The second-order valence-electron chi connectivity index (χ2n) is 6.53. The Kier molecular flexibility index (Phi) is 5.42. The number of primary amides is 1. The van der Waals surface area contributed by atoms with E-state index >= 15 is 0 Å². The summed E-state index contributed by atoms with van der Waals surface area (Å²) in [6.45, 7) is 2.30. The number of aryl methyl sites for hydroxylation is 1. The number of rotatable bonds is 7. The molecule has 0 bridgehead atoms. The molecule has 1 aromatic heterocycles. The summed E-state index contributed by atoms with van der Waals surface area (Å²) in [5.41, 5.74) is 6.97. The summed E-state index contributed by atoms with van der Waals surface area (Å²) in [6.07, 6.45) is 6.32. The van der Waals surface area contributed by atoms with Gasteiger partial charge >= 0.3 is 0 Å². The lowest BCUT2D eigenvalue weighted by Gasteiger charge is -2.16. The van der Waals surface area contributed by atoms with Gasteiger partial charge < -0.3 is 10.6 Å². The Labute approximate surface area is 146 Å². The van der Waals surface area contributed by atoms with E-state index in [0.717, 1.165) is 37.9 Å². The van der Waals surface area contributed by atoms with Crippen LogP contribution in [0.4, 0.5) is 0 Å². The minimum atomic E-state index is -0.405. The topological polar surface area (TPSA) is 94.1 Å². The average Bonchev–Trinajstić information content (AvgIpc) is 3.27. The summed E-state index contributed by atoms with van der Waals surface area (Å²) in [4.78, 5) is 29.5. The molecule has 2 heterocycles. The van der Waals surface area contributed by atoms with Crippen molar-refractivity contribution in [2.75, 3.05) is 13.1 Å². The lowest BCUT2D eigenvalue weighted by Crippen LogP contribution is -2.29. The number of benzene rings is 1. The second kappa shape index (κ2) is 7.92. The Morgan fingerprint density at radius 3 is 2.96 bits per heavy atom. The van der Waals surface area contributed by atoms with Gasteiger partial charge in [-0.15, -0.1) is 0 Å². The summed E-state index contributed by atoms with van der Waals surface area (Å²) in [5.74, 6) is 0.230. The lowest BCUT2D eigenvalue weighted by molar-refractivity contribution is -0.130. The van der Waals surface area contributed by atoms with Crippen LogP contribution < -0.4 is 5.73 Å². The predicted octanol–water partition coefficient (Wildman–Crippen LogP) is 1.25. The van der Waals surface area contributed by atoms with Gasteiger partial charge in [0.25, 0.3) is 0 Å². The molecule has 132 valence electrons. The maximum atomic E-state index is 12.3. The SMILES string of the molecule is NC(=O)c1cccc(C[C@H]2CCN(C(=O)CCCn3cncn3)C2)c1. The first-order valence-corrected chi connectivity index (χ1v) is 8.61. The number of aromatic nitrogens is 3. The number of nitrogens with two attached hydrogens (primary N) is 1. The van der Waals surface area contributed by atoms with E-state index in [0.29, 0.717) is 24.4 Å². The first-order valence-electron chi connectivity index (χ1n) is 8.61. The van der Waals surface area contributed by atoms with Gasteiger partial charge in [0.15, 0.2) is 0 Å². The molecule has 0 spiro atoms. The van der Waals surface area contributed by atoms with Crippen molar-refractivity contribution in [2.24, 2.45) is 11.7 Å². The highest BCUT2D eigenvalue weighted by Crippen LogP contribution is 2.22. The Morgan fingerprint density at radius 1 is 1.32 bits per heavy atom. The van der Waals surface area contributed by atoms with E-state index in [1.807, 2.05) is 23.1 Å². The van der Waals surface area contributed by atoms with Crippen molar-refractivity contribution >= 4 is 11.8 Å². The first-order chi connectivity index (χ1) is 12.1. The van der Waals surface area contributed by atoms with Gasteiger partial charge in [0.2, 0.25) is 11.8 Å². The van der Waals surface area contributed by atoms with E-state index in [1.165, 1.54) is 6.33 Å². The number of amides is 2. The van der Waals surface area contributed by atoms with Crippen LogP contribution in [0.15, 0.2) is 36.9 Å². The molecule has 7 heteroatoms. The molecule has 2 amide bonds. The van der Waals surface area contributed by atoms with Gasteiger partial charge in [-0.2, -0.15) is 5.10 Å². The summed E-state index contributed by atoms with van der Waals surface area (Å²) in [5, 5.41) is 4.04. The van der Waals surface area contributed by atoms with E-state index in [1.54, 1.807) is 17.1 Å². The van der Waals surface area contributed by atoms with Crippen LogP contribution in [0.25, 0.3) is 0 Å². The van der Waals surface area contributed by atoms with Gasteiger partial charge in [-0.1, -0.05) is 12.1 Å². The molecule has 1 atom stereocenters. The quantitative estimate of drug-likeness (QED) is 0.820. The van der Waals surface area contributed by atoms with Gasteiger partial charge in [0.05, 0.1) is 0 Å². The summed E-state index contributed by atoms with van der Waals surface area (Å²) in [6, 6.07) is 7.45. The monoisotopic (exact) mass is 341 g/mol. The van der Waals surface area contributed by atoms with Gasteiger partial charge in [-0.05, 0) is 42.9 Å². The molecule has 1 fully saturated rings. The van der Waals surface area contributed by atoms with Crippen LogP contribution in [0.2, 0.25) is 0 Å². The van der Waals surface area contributed by atoms with E-state index in [4.69, 9.17) is 5.73 Å². The highest BCUT2D eigenvalue weighted by molar-refractivity contribution is 5.92. The molecule has 2 N–H and O–H groups in total. The van der Waals surface area contributed by atoms with E-state index in [2.05, 4.69) is 10.1 Å². The summed E-state index contributed by atoms with van der Waals surface area (Å²) < 4.78 is 1.74. The molecular weight excluding hydrogens is 318 g/mol. The highest BCUT2D eigenvalue weighted by atomic mass is 16.2. The molecular formula is C18H23N5O2. The van der Waals surface area contributed by atoms with Crippen LogP contribution in [0.1, 0.15) is 35.2 Å². The average molecular weight is 341 g/mol. The van der Waals surface area contributed by atoms with E-state index < -0.39 is 5.91 Å². The molecule has 0 unspecified atom stereocenters. The normalized spacial score (nSPS) is 17.0. The standard InChI is InChI=1S/C18H23N5O2/c19-18(25)16-4-1-3-14(10-16)9-15-6-8-22(11-15)17(24)5-2-7-23-13-20-12-21-23/h1,3-4,10,12-13,15H,2,5-9,11H2,(H2,19,25)/t15-/m1/s1. The smallest absolute Gasteiger partial charge is 0.248 e. The number of carbonyl (C=O) groups excluding carboxylic acids is 2. The van der Waals surface area contributed by atoms with Crippen molar-refractivity contribution in [3.63, 3.8) is 0 Å². The molecule has 1 aliphatic heterocycles. The third kappa shape index (κ3) is 4.65. The van der Waals surface area contributed by atoms with Crippen LogP contribution in [0.5, 0.6) is 0 Å². The number of hydrogen-bond donors (Lipinski definition) is 1. The molecule has 1 aromatic carbocycles. The molecule has 7 nitrogen and oxygen atoms in total. The molecule has 1 aliphatic rings. The fraction of sp³-hybridized carbons (Fsp3) is 0.444. The fourth-order valence-corrected chi connectivity index (χ4v) is 3.31. The zero-order valence-electron chi connectivity index (χ0n) is 14.2.